The van der Waals surface area contributed by atoms with Gasteiger partial charge in [0.05, 0.1) is 12.0 Å². The van der Waals surface area contributed by atoms with E-state index in [0.29, 0.717) is 0 Å². The number of rotatable bonds is 7. The lowest BCUT2D eigenvalue weighted by molar-refractivity contribution is -0.140. The molecule has 5 heteroatoms. The van der Waals surface area contributed by atoms with Gasteiger partial charge in [0, 0.05) is 6.20 Å². The summed E-state index contributed by atoms with van der Waals surface area (Å²) in [5.41, 5.74) is 7.29. The Balaban J connectivity index is 0.00000127. The van der Waals surface area contributed by atoms with Gasteiger partial charge in [-0.25, -0.2) is 9.78 Å². The molecule has 3 aromatic rings. The highest BCUT2D eigenvalue weighted by molar-refractivity contribution is 5.67. The highest BCUT2D eigenvalue weighted by Gasteiger charge is 2.37. The van der Waals surface area contributed by atoms with E-state index >= 15 is 0 Å². The van der Waals surface area contributed by atoms with Crippen molar-refractivity contribution in [3.63, 3.8) is 0 Å². The molecule has 0 atom stereocenters. The summed E-state index contributed by atoms with van der Waals surface area (Å²) < 4.78 is 2.21. The van der Waals surface area contributed by atoms with Crippen molar-refractivity contribution in [3.05, 3.63) is 132 Å². The van der Waals surface area contributed by atoms with Crippen LogP contribution in [0.1, 0.15) is 44.5 Å². The molecule has 0 spiro atoms. The van der Waals surface area contributed by atoms with Crippen LogP contribution in [0.15, 0.2) is 115 Å². The number of imidazole rings is 1. The standard InChI is InChI=1S/C26H26N2.C2H4O3.C2H6.C2H2/c1-4-5-6-7-10-15-22(2)26(24-16-11-8-12-17-24,25-18-13-9-14-19-25)28-20-23(3)27-21-28;3-1-2(4)5;2*1-2/h4-6,8-21H,1-3H3;3H,1H2,(H,4,5);1-2H3;1-2H/b5-4-,22-15+;;;. The van der Waals surface area contributed by atoms with Gasteiger partial charge in [0.15, 0.2) is 0 Å². The Kier molecular flexibility index (Phi) is 16.7. The molecule has 0 aliphatic rings. The molecule has 2 aromatic carbocycles. The zero-order valence-electron chi connectivity index (χ0n) is 22.4. The third-order valence-electron chi connectivity index (χ3n) is 5.00. The largest absolute Gasteiger partial charge is 0.480 e. The lowest BCUT2D eigenvalue weighted by Gasteiger charge is -2.37. The summed E-state index contributed by atoms with van der Waals surface area (Å²) in [6, 6.07) is 21.2. The van der Waals surface area contributed by atoms with Crippen molar-refractivity contribution in [1.82, 2.24) is 9.55 Å². The fraction of sp³-hybridized carbons (Fsp3) is 0.219. The Morgan fingerprint density at radius 1 is 1.03 bits per heavy atom. The lowest BCUT2D eigenvalue weighted by atomic mass is 9.76. The highest BCUT2D eigenvalue weighted by Crippen LogP contribution is 2.40. The Hall–Kier alpha value is -4.36. The summed E-state index contributed by atoms with van der Waals surface area (Å²) in [5, 5.41) is 15.0. The van der Waals surface area contributed by atoms with Crippen molar-refractivity contribution >= 4 is 5.97 Å². The molecule has 0 aliphatic carbocycles. The number of aromatic nitrogens is 2. The molecule has 194 valence electrons. The van der Waals surface area contributed by atoms with E-state index in [1.165, 1.54) is 16.7 Å². The van der Waals surface area contributed by atoms with E-state index in [1.54, 1.807) is 0 Å². The van der Waals surface area contributed by atoms with Gasteiger partial charge >= 0.3 is 5.97 Å². The normalized spacial score (nSPS) is 10.3. The van der Waals surface area contributed by atoms with Gasteiger partial charge in [-0.1, -0.05) is 92.7 Å². The molecule has 0 saturated carbocycles. The molecule has 0 saturated heterocycles. The minimum absolute atomic E-state index is 0.484. The van der Waals surface area contributed by atoms with Crippen LogP contribution in [0.4, 0.5) is 0 Å². The van der Waals surface area contributed by atoms with Gasteiger partial charge in [-0.3, -0.25) is 0 Å². The van der Waals surface area contributed by atoms with Crippen molar-refractivity contribution in [3.8, 4) is 12.8 Å². The summed E-state index contributed by atoms with van der Waals surface area (Å²) in [5.74, 6) is -1.19. The van der Waals surface area contributed by atoms with E-state index in [1.807, 2.05) is 58.3 Å². The van der Waals surface area contributed by atoms with Crippen LogP contribution in [-0.2, 0) is 10.3 Å². The maximum Gasteiger partial charge on any atom is 0.329 e. The van der Waals surface area contributed by atoms with Crippen LogP contribution in [0.2, 0.25) is 0 Å². The number of benzene rings is 2. The average molecular weight is 499 g/mol. The number of carbonyl (C=O) groups is 1. The van der Waals surface area contributed by atoms with Crippen LogP contribution in [-0.4, -0.2) is 32.3 Å². The zero-order chi connectivity index (χ0) is 28.1. The molecule has 0 radical (unpaired) electrons. The van der Waals surface area contributed by atoms with Crippen molar-refractivity contribution in [2.45, 2.75) is 40.2 Å². The Morgan fingerprint density at radius 2 is 1.51 bits per heavy atom. The quantitative estimate of drug-likeness (QED) is 0.220. The van der Waals surface area contributed by atoms with Gasteiger partial charge in [0.25, 0.3) is 0 Å². The van der Waals surface area contributed by atoms with E-state index in [2.05, 4.69) is 108 Å². The maximum absolute atomic E-state index is 9.12. The predicted octanol–water partition coefficient (Wildman–Crippen LogP) is 6.56. The van der Waals surface area contributed by atoms with Crippen LogP contribution in [0.3, 0.4) is 0 Å². The number of carboxylic acids is 1. The minimum atomic E-state index is -1.19. The summed E-state index contributed by atoms with van der Waals surface area (Å²) in [6.45, 7) is 9.41. The highest BCUT2D eigenvalue weighted by atomic mass is 16.4. The van der Waals surface area contributed by atoms with E-state index in [4.69, 9.17) is 15.0 Å². The Morgan fingerprint density at radius 3 is 1.89 bits per heavy atom. The van der Waals surface area contributed by atoms with Crippen LogP contribution in [0.25, 0.3) is 0 Å². The molecule has 37 heavy (non-hydrogen) atoms. The second-order valence-electron chi connectivity index (χ2n) is 7.29. The molecule has 0 bridgehead atoms. The van der Waals surface area contributed by atoms with Gasteiger partial charge in [-0.15, -0.1) is 18.6 Å². The average Bonchev–Trinajstić information content (AvgIpc) is 3.39. The number of allylic oxidation sites excluding steroid dienone is 5. The first kappa shape index (κ1) is 32.6. The molecular formula is C32H38N2O3. The van der Waals surface area contributed by atoms with E-state index in [0.717, 1.165) is 5.69 Å². The molecule has 0 unspecified atom stereocenters. The van der Waals surface area contributed by atoms with Crippen molar-refractivity contribution in [2.24, 2.45) is 0 Å². The third kappa shape index (κ3) is 9.66. The van der Waals surface area contributed by atoms with Crippen molar-refractivity contribution in [2.75, 3.05) is 6.61 Å². The molecule has 0 aliphatic heterocycles. The van der Waals surface area contributed by atoms with Gasteiger partial charge in [0.1, 0.15) is 12.1 Å². The number of aliphatic carboxylic acids is 1. The van der Waals surface area contributed by atoms with Crippen LogP contribution >= 0.6 is 0 Å². The topological polar surface area (TPSA) is 75.4 Å². The lowest BCUT2D eigenvalue weighted by Crippen LogP contribution is -2.37. The molecule has 1 heterocycles. The number of hydrogen-bond acceptors (Lipinski definition) is 3. The van der Waals surface area contributed by atoms with Gasteiger partial charge in [-0.2, -0.15) is 0 Å². The molecule has 5 nitrogen and oxygen atoms in total. The number of aliphatic hydroxyl groups is 1. The first-order valence-corrected chi connectivity index (χ1v) is 12.0. The predicted molar refractivity (Wildman–Crippen MR) is 153 cm³/mol. The minimum Gasteiger partial charge on any atom is -0.480 e. The molecule has 2 N–H and O–H groups in total. The SMILES string of the molecule is C#C.C/C=C\C=C=C/C=C(\C)C(c1ccccc1)(c1ccccc1)n1cnc(C)c1.CC.O=C(O)CO. The van der Waals surface area contributed by atoms with E-state index < -0.39 is 18.1 Å². The number of aliphatic hydroxyl groups excluding tert-OH is 1. The summed E-state index contributed by atoms with van der Waals surface area (Å²) >= 11 is 0. The van der Waals surface area contributed by atoms with Crippen molar-refractivity contribution < 1.29 is 15.0 Å². The van der Waals surface area contributed by atoms with Crippen LogP contribution in [0.5, 0.6) is 0 Å². The number of aryl methyl sites for hydroxylation is 1. The first-order chi connectivity index (χ1) is 18.0. The van der Waals surface area contributed by atoms with Crippen LogP contribution in [0, 0.1) is 19.8 Å². The van der Waals surface area contributed by atoms with Gasteiger partial charge in [-0.05, 0) is 49.6 Å². The Labute approximate surface area is 221 Å². The molecule has 3 rings (SSSR count). The maximum atomic E-state index is 9.12. The van der Waals surface area contributed by atoms with Gasteiger partial charge < -0.3 is 14.8 Å². The monoisotopic (exact) mass is 498 g/mol. The Bertz CT molecular complexity index is 1140. The summed E-state index contributed by atoms with van der Waals surface area (Å²) in [6.07, 6.45) is 22.0. The smallest absolute Gasteiger partial charge is 0.329 e. The third-order valence-corrected chi connectivity index (χ3v) is 5.00. The fourth-order valence-electron chi connectivity index (χ4n) is 3.59. The summed E-state index contributed by atoms with van der Waals surface area (Å²) in [7, 11) is 0. The van der Waals surface area contributed by atoms with Crippen molar-refractivity contribution in [1.29, 1.82) is 0 Å². The number of terminal acetylenes is 1. The fourth-order valence-corrected chi connectivity index (χ4v) is 3.59. The molecule has 1 aromatic heterocycles. The second-order valence-corrected chi connectivity index (χ2v) is 7.29. The molecule has 0 amide bonds. The zero-order valence-corrected chi connectivity index (χ0v) is 22.4. The van der Waals surface area contributed by atoms with Crippen LogP contribution < -0.4 is 0 Å². The number of carboxylic acid groups (broad SMARTS) is 1. The molecular weight excluding hydrogens is 460 g/mol. The van der Waals surface area contributed by atoms with E-state index in [-0.39, 0.29) is 0 Å². The van der Waals surface area contributed by atoms with E-state index in [9.17, 15) is 0 Å². The first-order valence-electron chi connectivity index (χ1n) is 12.0. The second kappa shape index (κ2) is 18.9. The summed E-state index contributed by atoms with van der Waals surface area (Å²) in [4.78, 5) is 13.6. The number of nitrogens with zero attached hydrogens (tertiary/aromatic N) is 2. The van der Waals surface area contributed by atoms with Gasteiger partial charge in [0.2, 0.25) is 0 Å². The molecule has 0 fully saturated rings. The number of hydrogen-bond donors (Lipinski definition) is 2.